The number of nitrogens with two attached hydrogens (primary N) is 1. The molecule has 0 radical (unpaired) electrons. The summed E-state index contributed by atoms with van der Waals surface area (Å²) >= 11 is 0. The molecule has 1 aliphatic heterocycles. The predicted octanol–water partition coefficient (Wildman–Crippen LogP) is 3.16. The van der Waals surface area contributed by atoms with Gasteiger partial charge in [0.2, 0.25) is 0 Å². The number of carbonyl (C=O) groups is 1. The third-order valence-electron chi connectivity index (χ3n) is 3.67. The largest absolute Gasteiger partial charge is 0.399 e. The monoisotopic (exact) mass is 267 g/mol. The first kappa shape index (κ1) is 12.9. The summed E-state index contributed by atoms with van der Waals surface area (Å²) in [6.45, 7) is 0.673. The Morgan fingerprint density at radius 1 is 1.20 bits per heavy atom. The number of Topliss-reactive ketones (excluding diaryl/α,β-unsaturated/α-hetero) is 1. The lowest BCUT2D eigenvalue weighted by molar-refractivity contribution is 0.0352. The van der Waals surface area contributed by atoms with Crippen LogP contribution in [0.15, 0.2) is 48.5 Å². The molecular formula is C17H17NO2. The minimum Gasteiger partial charge on any atom is -0.399 e. The highest BCUT2D eigenvalue weighted by Crippen LogP contribution is 2.30. The number of hydrogen-bond acceptors (Lipinski definition) is 3. The molecule has 2 N–H and O–H groups in total. The Morgan fingerprint density at radius 2 is 2.05 bits per heavy atom. The Morgan fingerprint density at radius 3 is 2.90 bits per heavy atom. The van der Waals surface area contributed by atoms with E-state index in [1.807, 2.05) is 18.2 Å². The number of rotatable bonds is 3. The minimum atomic E-state index is -0.145. The molecule has 0 aliphatic carbocycles. The van der Waals surface area contributed by atoms with Crippen molar-refractivity contribution in [2.24, 2.45) is 0 Å². The molecule has 0 saturated heterocycles. The van der Waals surface area contributed by atoms with Gasteiger partial charge in [-0.1, -0.05) is 36.4 Å². The fourth-order valence-corrected chi connectivity index (χ4v) is 2.64. The van der Waals surface area contributed by atoms with Gasteiger partial charge in [0.15, 0.2) is 5.78 Å². The quantitative estimate of drug-likeness (QED) is 0.686. The van der Waals surface area contributed by atoms with Crippen molar-refractivity contribution in [2.45, 2.75) is 18.9 Å². The van der Waals surface area contributed by atoms with Crippen LogP contribution in [-0.4, -0.2) is 12.4 Å². The van der Waals surface area contributed by atoms with Crippen LogP contribution in [0.1, 0.15) is 34.0 Å². The maximum atomic E-state index is 12.3. The average Bonchev–Trinajstić information content (AvgIpc) is 2.47. The van der Waals surface area contributed by atoms with E-state index in [1.165, 1.54) is 5.56 Å². The first-order valence-corrected chi connectivity index (χ1v) is 6.82. The molecule has 0 saturated carbocycles. The SMILES string of the molecule is Nc1cccc(C(=O)CC2OCCc3ccccc32)c1. The minimum absolute atomic E-state index is 0.0685. The van der Waals surface area contributed by atoms with Crippen molar-refractivity contribution in [3.8, 4) is 0 Å². The van der Waals surface area contributed by atoms with Crippen molar-refractivity contribution in [3.63, 3.8) is 0 Å². The second-order valence-electron chi connectivity index (χ2n) is 5.06. The van der Waals surface area contributed by atoms with Gasteiger partial charge < -0.3 is 10.5 Å². The number of carbonyl (C=O) groups excluding carboxylic acids is 1. The summed E-state index contributed by atoms with van der Waals surface area (Å²) in [6.07, 6.45) is 1.13. The first-order valence-electron chi connectivity index (χ1n) is 6.82. The molecule has 0 spiro atoms. The zero-order valence-corrected chi connectivity index (χ0v) is 11.2. The number of fused-ring (bicyclic) bond motifs is 1. The van der Waals surface area contributed by atoms with Crippen LogP contribution in [0, 0.1) is 0 Å². The summed E-state index contributed by atoms with van der Waals surface area (Å²) in [4.78, 5) is 12.3. The smallest absolute Gasteiger partial charge is 0.165 e. The van der Waals surface area contributed by atoms with E-state index in [4.69, 9.17) is 10.5 Å². The van der Waals surface area contributed by atoms with Crippen molar-refractivity contribution < 1.29 is 9.53 Å². The fourth-order valence-electron chi connectivity index (χ4n) is 2.64. The number of anilines is 1. The molecule has 0 aromatic heterocycles. The van der Waals surface area contributed by atoms with Crippen LogP contribution in [0.25, 0.3) is 0 Å². The van der Waals surface area contributed by atoms with Crippen molar-refractivity contribution in [3.05, 3.63) is 65.2 Å². The van der Waals surface area contributed by atoms with Gasteiger partial charge in [-0.2, -0.15) is 0 Å². The predicted molar refractivity (Wildman–Crippen MR) is 78.6 cm³/mol. The van der Waals surface area contributed by atoms with Gasteiger partial charge in [0, 0.05) is 17.7 Å². The number of ketones is 1. The Bertz CT molecular complexity index is 636. The van der Waals surface area contributed by atoms with E-state index < -0.39 is 0 Å². The summed E-state index contributed by atoms with van der Waals surface area (Å²) in [7, 11) is 0. The van der Waals surface area contributed by atoms with E-state index in [0.29, 0.717) is 24.3 Å². The van der Waals surface area contributed by atoms with Gasteiger partial charge in [0.1, 0.15) is 0 Å². The lowest BCUT2D eigenvalue weighted by Crippen LogP contribution is -2.19. The number of benzene rings is 2. The molecule has 1 atom stereocenters. The Kier molecular flexibility index (Phi) is 3.52. The van der Waals surface area contributed by atoms with Gasteiger partial charge in [-0.05, 0) is 29.7 Å². The zero-order chi connectivity index (χ0) is 13.9. The highest BCUT2D eigenvalue weighted by Gasteiger charge is 2.23. The first-order chi connectivity index (χ1) is 9.74. The summed E-state index contributed by atoms with van der Waals surface area (Å²) < 4.78 is 5.77. The third kappa shape index (κ3) is 2.58. The van der Waals surface area contributed by atoms with Gasteiger partial charge in [-0.25, -0.2) is 0 Å². The standard InChI is InChI=1S/C17H17NO2/c18-14-6-3-5-13(10-14)16(19)11-17-15-7-2-1-4-12(15)8-9-20-17/h1-7,10,17H,8-9,11,18H2. The van der Waals surface area contributed by atoms with Crippen LogP contribution in [0.5, 0.6) is 0 Å². The Labute approximate surface area is 118 Å². The molecule has 3 nitrogen and oxygen atoms in total. The van der Waals surface area contributed by atoms with Gasteiger partial charge in [0.25, 0.3) is 0 Å². The molecule has 2 aromatic carbocycles. The number of nitrogen functional groups attached to an aromatic ring is 1. The lowest BCUT2D eigenvalue weighted by Gasteiger charge is -2.25. The molecule has 1 heterocycles. The molecule has 102 valence electrons. The van der Waals surface area contributed by atoms with Crippen molar-refractivity contribution in [1.29, 1.82) is 0 Å². The zero-order valence-electron chi connectivity index (χ0n) is 11.2. The van der Waals surface area contributed by atoms with E-state index >= 15 is 0 Å². The molecule has 20 heavy (non-hydrogen) atoms. The van der Waals surface area contributed by atoms with Crippen LogP contribution in [0.2, 0.25) is 0 Å². The van der Waals surface area contributed by atoms with Crippen LogP contribution in [0.4, 0.5) is 5.69 Å². The maximum absolute atomic E-state index is 12.3. The van der Waals surface area contributed by atoms with Crippen molar-refractivity contribution in [1.82, 2.24) is 0 Å². The maximum Gasteiger partial charge on any atom is 0.165 e. The van der Waals surface area contributed by atoms with Crippen molar-refractivity contribution >= 4 is 11.5 Å². The average molecular weight is 267 g/mol. The highest BCUT2D eigenvalue weighted by atomic mass is 16.5. The van der Waals surface area contributed by atoms with Crippen LogP contribution >= 0.6 is 0 Å². The van der Waals surface area contributed by atoms with Gasteiger partial charge in [-0.3, -0.25) is 4.79 Å². The lowest BCUT2D eigenvalue weighted by atomic mass is 9.93. The van der Waals surface area contributed by atoms with E-state index in [0.717, 1.165) is 12.0 Å². The van der Waals surface area contributed by atoms with E-state index in [1.54, 1.807) is 24.3 Å². The molecule has 3 heteroatoms. The van der Waals surface area contributed by atoms with Crippen LogP contribution in [0.3, 0.4) is 0 Å². The molecule has 0 fully saturated rings. The van der Waals surface area contributed by atoms with Crippen LogP contribution < -0.4 is 5.73 Å². The van der Waals surface area contributed by atoms with E-state index in [9.17, 15) is 4.79 Å². The summed E-state index contributed by atoms with van der Waals surface area (Å²) in [5, 5.41) is 0. The molecule has 2 aromatic rings. The van der Waals surface area contributed by atoms with E-state index in [2.05, 4.69) is 6.07 Å². The Balaban J connectivity index is 1.81. The second kappa shape index (κ2) is 5.47. The highest BCUT2D eigenvalue weighted by molar-refractivity contribution is 5.97. The Hall–Kier alpha value is -2.13. The van der Waals surface area contributed by atoms with Crippen molar-refractivity contribution in [2.75, 3.05) is 12.3 Å². The van der Waals surface area contributed by atoms with Gasteiger partial charge in [0.05, 0.1) is 12.7 Å². The summed E-state index contributed by atoms with van der Waals surface area (Å²) in [5.74, 6) is 0.0685. The normalized spacial score (nSPS) is 17.5. The number of hydrogen-bond donors (Lipinski definition) is 1. The van der Waals surface area contributed by atoms with Crippen LogP contribution in [-0.2, 0) is 11.2 Å². The summed E-state index contributed by atoms with van der Waals surface area (Å²) in [5.41, 5.74) is 9.40. The molecule has 0 amide bonds. The van der Waals surface area contributed by atoms with Gasteiger partial charge in [-0.15, -0.1) is 0 Å². The molecule has 1 aliphatic rings. The van der Waals surface area contributed by atoms with E-state index in [-0.39, 0.29) is 11.9 Å². The van der Waals surface area contributed by atoms with Gasteiger partial charge >= 0.3 is 0 Å². The second-order valence-corrected chi connectivity index (χ2v) is 5.06. The number of ether oxygens (including phenoxy) is 1. The molecular weight excluding hydrogens is 250 g/mol. The molecule has 1 unspecified atom stereocenters. The summed E-state index contributed by atoms with van der Waals surface area (Å²) in [6, 6.07) is 15.3. The third-order valence-corrected chi connectivity index (χ3v) is 3.67. The molecule has 3 rings (SSSR count). The fraction of sp³-hybridized carbons (Fsp3) is 0.235. The molecule has 0 bridgehead atoms. The topological polar surface area (TPSA) is 52.3 Å².